The first kappa shape index (κ1) is 32.3. The Labute approximate surface area is 271 Å². The Morgan fingerprint density at radius 1 is 0.745 bits per heavy atom. The van der Waals surface area contributed by atoms with E-state index in [0.717, 1.165) is 30.7 Å². The highest BCUT2D eigenvalue weighted by Crippen LogP contribution is 2.35. The predicted octanol–water partition coefficient (Wildman–Crippen LogP) is 5.75. The van der Waals surface area contributed by atoms with Gasteiger partial charge in [-0.25, -0.2) is 4.79 Å². The maximum Gasteiger partial charge on any atom is 0.493 e. The summed E-state index contributed by atoms with van der Waals surface area (Å²) in [6.45, 7) is 6.86. The molecule has 0 aliphatic carbocycles. The summed E-state index contributed by atoms with van der Waals surface area (Å²) in [7, 11) is 0. The molecular formula is C36H37F3N4O4. The molecule has 2 amide bonds. The average Bonchev–Trinajstić information content (AvgIpc) is 3.37. The van der Waals surface area contributed by atoms with Crippen LogP contribution in [-0.4, -0.2) is 82.7 Å². The zero-order chi connectivity index (χ0) is 33.3. The third kappa shape index (κ3) is 6.62. The SMILES string of the molecule is Cc1cccc(C)c1C1CCN(Cc2c(C(=O)N3CCN(C(=O)c4ccccc4)CC3)n(OC(=O)C(F)(F)F)c3ccccc23)CC1. The summed E-state index contributed by atoms with van der Waals surface area (Å²) in [5.74, 6) is -2.73. The summed E-state index contributed by atoms with van der Waals surface area (Å²) in [5.41, 5.74) is 5.02. The van der Waals surface area contributed by atoms with Crippen molar-refractivity contribution in [1.29, 1.82) is 0 Å². The normalized spacial score (nSPS) is 16.4. The number of carbonyl (C=O) groups is 3. The van der Waals surface area contributed by atoms with Crippen molar-refractivity contribution in [2.45, 2.75) is 45.3 Å². The molecule has 2 saturated heterocycles. The third-order valence-electron chi connectivity index (χ3n) is 9.34. The zero-order valence-corrected chi connectivity index (χ0v) is 26.4. The maximum absolute atomic E-state index is 14.3. The third-order valence-corrected chi connectivity index (χ3v) is 9.34. The topological polar surface area (TPSA) is 75.1 Å². The van der Waals surface area contributed by atoms with E-state index in [9.17, 15) is 27.6 Å². The Hall–Kier alpha value is -4.64. The molecule has 3 heterocycles. The first-order chi connectivity index (χ1) is 22.5. The van der Waals surface area contributed by atoms with Crippen LogP contribution in [0.5, 0.6) is 0 Å². The number of hydrogen-bond acceptors (Lipinski definition) is 5. The van der Waals surface area contributed by atoms with Crippen LogP contribution < -0.4 is 4.84 Å². The molecule has 2 aliphatic rings. The van der Waals surface area contributed by atoms with Crippen LogP contribution in [0.15, 0.2) is 72.8 Å². The Morgan fingerprint density at radius 2 is 1.32 bits per heavy atom. The van der Waals surface area contributed by atoms with E-state index in [-0.39, 0.29) is 43.3 Å². The number of nitrogens with zero attached hydrogens (tertiary/aromatic N) is 4. The number of halogens is 3. The number of carbonyl (C=O) groups excluding carboxylic acids is 3. The van der Waals surface area contributed by atoms with Crippen LogP contribution in [0.4, 0.5) is 13.2 Å². The second kappa shape index (κ2) is 13.2. The Morgan fingerprint density at radius 3 is 1.94 bits per heavy atom. The van der Waals surface area contributed by atoms with Crippen LogP contribution in [0.2, 0.25) is 0 Å². The van der Waals surface area contributed by atoms with Gasteiger partial charge in [-0.2, -0.15) is 17.9 Å². The number of aryl methyl sites for hydroxylation is 2. The van der Waals surface area contributed by atoms with Gasteiger partial charge in [-0.3, -0.25) is 14.5 Å². The standard InChI is InChI=1S/C36H37F3N4O4/c1-24-9-8-10-25(2)31(24)26-15-17-40(18-16-26)23-29-28-13-6-7-14-30(28)43(47-35(46)36(37,38)39)32(29)34(45)42-21-19-41(20-22-42)33(44)27-11-4-3-5-12-27/h3-14,26H,15-23H2,1-2H3. The van der Waals surface area contributed by atoms with Crippen LogP contribution >= 0.6 is 0 Å². The minimum Gasteiger partial charge on any atom is -0.335 e. The number of hydrogen-bond donors (Lipinski definition) is 0. The lowest BCUT2D eigenvalue weighted by atomic mass is 9.84. The van der Waals surface area contributed by atoms with Gasteiger partial charge in [0.2, 0.25) is 0 Å². The van der Waals surface area contributed by atoms with E-state index in [1.54, 1.807) is 53.4 Å². The highest BCUT2D eigenvalue weighted by molar-refractivity contribution is 6.02. The minimum absolute atomic E-state index is 0.108. The molecule has 0 spiro atoms. The fourth-order valence-electron chi connectivity index (χ4n) is 6.98. The number of para-hydroxylation sites is 1. The van der Waals surface area contributed by atoms with Gasteiger partial charge in [-0.1, -0.05) is 54.6 Å². The molecule has 11 heteroatoms. The van der Waals surface area contributed by atoms with Gasteiger partial charge in [-0.15, -0.1) is 0 Å². The van der Waals surface area contributed by atoms with Gasteiger partial charge >= 0.3 is 12.1 Å². The number of aromatic nitrogens is 1. The number of alkyl halides is 3. The molecule has 2 fully saturated rings. The second-order valence-electron chi connectivity index (χ2n) is 12.3. The highest BCUT2D eigenvalue weighted by atomic mass is 19.4. The number of likely N-dealkylation sites (tertiary alicyclic amines) is 1. The molecule has 0 atom stereocenters. The number of fused-ring (bicyclic) bond motifs is 1. The summed E-state index contributed by atoms with van der Waals surface area (Å²) in [4.78, 5) is 49.7. The molecule has 47 heavy (non-hydrogen) atoms. The second-order valence-corrected chi connectivity index (χ2v) is 12.3. The molecule has 0 saturated carbocycles. The van der Waals surface area contributed by atoms with Gasteiger partial charge in [0.25, 0.3) is 11.8 Å². The van der Waals surface area contributed by atoms with E-state index in [4.69, 9.17) is 4.84 Å². The van der Waals surface area contributed by atoms with Crippen molar-refractivity contribution in [3.05, 3.63) is 106 Å². The molecule has 2 aliphatic heterocycles. The highest BCUT2D eigenvalue weighted by Gasteiger charge is 2.43. The van der Waals surface area contributed by atoms with Gasteiger partial charge in [0.05, 0.1) is 5.52 Å². The van der Waals surface area contributed by atoms with Gasteiger partial charge in [-0.05, 0) is 80.6 Å². The van der Waals surface area contributed by atoms with Crippen LogP contribution in [0.1, 0.15) is 61.9 Å². The quantitative estimate of drug-likeness (QED) is 0.267. The monoisotopic (exact) mass is 646 g/mol. The van der Waals surface area contributed by atoms with Crippen molar-refractivity contribution in [1.82, 2.24) is 19.4 Å². The Balaban J connectivity index is 1.28. The van der Waals surface area contributed by atoms with Gasteiger partial charge in [0.1, 0.15) is 0 Å². The molecule has 6 rings (SSSR count). The minimum atomic E-state index is -5.26. The van der Waals surface area contributed by atoms with Gasteiger partial charge in [0, 0.05) is 49.2 Å². The molecule has 0 radical (unpaired) electrons. The number of rotatable bonds is 6. The van der Waals surface area contributed by atoms with Crippen molar-refractivity contribution in [3.63, 3.8) is 0 Å². The molecule has 0 bridgehead atoms. The predicted molar refractivity (Wildman–Crippen MR) is 171 cm³/mol. The van der Waals surface area contributed by atoms with E-state index in [0.29, 0.717) is 29.0 Å². The largest absolute Gasteiger partial charge is 0.493 e. The van der Waals surface area contributed by atoms with Crippen LogP contribution in [0.3, 0.4) is 0 Å². The molecular weight excluding hydrogens is 609 g/mol. The van der Waals surface area contributed by atoms with E-state index in [1.807, 2.05) is 6.07 Å². The molecule has 8 nitrogen and oxygen atoms in total. The molecule has 246 valence electrons. The number of piperazine rings is 1. The number of piperidine rings is 1. The van der Waals surface area contributed by atoms with Gasteiger partial charge < -0.3 is 14.6 Å². The van der Waals surface area contributed by atoms with Gasteiger partial charge in [0.15, 0.2) is 5.69 Å². The summed E-state index contributed by atoms with van der Waals surface area (Å²) in [5, 5.41) is 0.542. The first-order valence-corrected chi connectivity index (χ1v) is 15.9. The summed E-state index contributed by atoms with van der Waals surface area (Å²) < 4.78 is 41.2. The van der Waals surface area contributed by atoms with Crippen molar-refractivity contribution in [2.75, 3.05) is 39.3 Å². The first-order valence-electron chi connectivity index (χ1n) is 15.9. The summed E-state index contributed by atoms with van der Waals surface area (Å²) in [6.07, 6.45) is -3.47. The van der Waals surface area contributed by atoms with Crippen molar-refractivity contribution < 1.29 is 32.4 Å². The lowest BCUT2D eigenvalue weighted by Gasteiger charge is -2.35. The lowest BCUT2D eigenvalue weighted by Crippen LogP contribution is -2.51. The molecule has 0 N–H and O–H groups in total. The lowest BCUT2D eigenvalue weighted by molar-refractivity contribution is -0.199. The average molecular weight is 647 g/mol. The maximum atomic E-state index is 14.3. The van der Waals surface area contributed by atoms with Crippen LogP contribution in [0, 0.1) is 13.8 Å². The zero-order valence-electron chi connectivity index (χ0n) is 26.4. The Bertz CT molecular complexity index is 1770. The molecule has 3 aromatic carbocycles. The Kier molecular flexibility index (Phi) is 9.09. The number of amides is 2. The molecule has 0 unspecified atom stereocenters. The van der Waals surface area contributed by atoms with Crippen molar-refractivity contribution >= 4 is 28.7 Å². The van der Waals surface area contributed by atoms with Crippen molar-refractivity contribution in [3.8, 4) is 0 Å². The number of benzene rings is 3. The van der Waals surface area contributed by atoms with Crippen LogP contribution in [0.25, 0.3) is 10.9 Å². The van der Waals surface area contributed by atoms with E-state index < -0.39 is 18.1 Å². The molecule has 1 aromatic heterocycles. The van der Waals surface area contributed by atoms with E-state index in [1.165, 1.54) is 21.6 Å². The summed E-state index contributed by atoms with van der Waals surface area (Å²) in [6, 6.07) is 21.8. The van der Waals surface area contributed by atoms with E-state index in [2.05, 4.69) is 36.9 Å². The van der Waals surface area contributed by atoms with E-state index >= 15 is 0 Å². The van der Waals surface area contributed by atoms with Crippen molar-refractivity contribution in [2.24, 2.45) is 0 Å². The molecule has 4 aromatic rings. The van der Waals surface area contributed by atoms with Crippen LogP contribution in [-0.2, 0) is 11.3 Å². The fourth-order valence-corrected chi connectivity index (χ4v) is 6.98. The summed E-state index contributed by atoms with van der Waals surface area (Å²) >= 11 is 0. The fraction of sp³-hybridized carbons (Fsp3) is 0.361. The smallest absolute Gasteiger partial charge is 0.335 e.